The number of hydrogen-bond acceptors (Lipinski definition) is 5. The molecular weight excluding hydrogens is 272 g/mol. The molecule has 0 fully saturated rings. The molecule has 1 N–H and O–H groups in total. The molecule has 0 bridgehead atoms. The lowest BCUT2D eigenvalue weighted by Gasteiger charge is -2.00. The average molecular weight is 284 g/mol. The number of nitro benzene ring substituents is 1. The predicted molar refractivity (Wildman–Crippen MR) is 78.5 cm³/mol. The third-order valence-corrected chi connectivity index (χ3v) is 2.83. The van der Waals surface area contributed by atoms with Gasteiger partial charge in [-0.05, 0) is 25.1 Å². The SMILES string of the molecule is CC(=O)c1cccc(N=Cc2cc([N+](=O)[O-])ccc2O)c1. The van der Waals surface area contributed by atoms with Crippen LogP contribution >= 0.6 is 0 Å². The number of non-ortho nitro benzene ring substituents is 1. The highest BCUT2D eigenvalue weighted by molar-refractivity contribution is 5.95. The first-order valence-electron chi connectivity index (χ1n) is 6.10. The Morgan fingerprint density at radius 1 is 1.29 bits per heavy atom. The number of aromatic hydroxyl groups is 1. The van der Waals surface area contributed by atoms with Gasteiger partial charge in [-0.15, -0.1) is 0 Å². The van der Waals surface area contributed by atoms with E-state index in [1.807, 2.05) is 0 Å². The molecule has 2 aromatic carbocycles. The van der Waals surface area contributed by atoms with E-state index in [1.165, 1.54) is 31.3 Å². The third kappa shape index (κ3) is 3.50. The van der Waals surface area contributed by atoms with Gasteiger partial charge < -0.3 is 5.11 Å². The second-order valence-corrected chi connectivity index (χ2v) is 4.36. The van der Waals surface area contributed by atoms with Gasteiger partial charge in [-0.3, -0.25) is 19.9 Å². The van der Waals surface area contributed by atoms with E-state index in [0.29, 0.717) is 11.3 Å². The summed E-state index contributed by atoms with van der Waals surface area (Å²) in [7, 11) is 0. The van der Waals surface area contributed by atoms with Gasteiger partial charge in [0.15, 0.2) is 5.78 Å². The van der Waals surface area contributed by atoms with Crippen LogP contribution in [0.4, 0.5) is 11.4 Å². The van der Waals surface area contributed by atoms with E-state index in [4.69, 9.17) is 0 Å². The Kier molecular flexibility index (Phi) is 4.08. The minimum Gasteiger partial charge on any atom is -0.507 e. The van der Waals surface area contributed by atoms with E-state index in [2.05, 4.69) is 4.99 Å². The molecule has 21 heavy (non-hydrogen) atoms. The van der Waals surface area contributed by atoms with Gasteiger partial charge in [-0.2, -0.15) is 0 Å². The number of hydrogen-bond donors (Lipinski definition) is 1. The highest BCUT2D eigenvalue weighted by Gasteiger charge is 2.08. The standard InChI is InChI=1S/C15H12N2O4/c1-10(18)11-3-2-4-13(7-11)16-9-12-8-14(17(20)21)5-6-15(12)19/h2-9,19H,1H3. The molecule has 2 rings (SSSR count). The van der Waals surface area contributed by atoms with Gasteiger partial charge >= 0.3 is 0 Å². The molecule has 0 saturated carbocycles. The summed E-state index contributed by atoms with van der Waals surface area (Å²) < 4.78 is 0. The number of carbonyl (C=O) groups is 1. The lowest BCUT2D eigenvalue weighted by atomic mass is 10.1. The monoisotopic (exact) mass is 284 g/mol. The molecular formula is C15H12N2O4. The lowest BCUT2D eigenvalue weighted by Crippen LogP contribution is -1.91. The van der Waals surface area contributed by atoms with Crippen molar-refractivity contribution in [2.75, 3.05) is 0 Å². The summed E-state index contributed by atoms with van der Waals surface area (Å²) in [5.41, 5.74) is 1.14. The van der Waals surface area contributed by atoms with Crippen molar-refractivity contribution in [1.82, 2.24) is 0 Å². The number of aliphatic imine (C=N–C) groups is 1. The molecule has 0 radical (unpaired) electrons. The van der Waals surface area contributed by atoms with Crippen LogP contribution in [0.25, 0.3) is 0 Å². The largest absolute Gasteiger partial charge is 0.507 e. The van der Waals surface area contributed by atoms with Crippen molar-refractivity contribution in [3.63, 3.8) is 0 Å². The smallest absolute Gasteiger partial charge is 0.270 e. The van der Waals surface area contributed by atoms with Crippen LogP contribution in [-0.2, 0) is 0 Å². The summed E-state index contributed by atoms with van der Waals surface area (Å²) in [5.74, 6) is -0.183. The molecule has 6 nitrogen and oxygen atoms in total. The summed E-state index contributed by atoms with van der Waals surface area (Å²) in [5, 5.41) is 20.4. The van der Waals surface area contributed by atoms with Crippen LogP contribution in [0, 0.1) is 10.1 Å². The maximum absolute atomic E-state index is 11.3. The summed E-state index contributed by atoms with van der Waals surface area (Å²) >= 11 is 0. The van der Waals surface area contributed by atoms with Gasteiger partial charge in [-0.25, -0.2) is 0 Å². The first-order chi connectivity index (χ1) is 9.97. The quantitative estimate of drug-likeness (QED) is 0.403. The summed E-state index contributed by atoms with van der Waals surface area (Å²) in [4.78, 5) is 25.6. The first-order valence-corrected chi connectivity index (χ1v) is 6.10. The Morgan fingerprint density at radius 2 is 2.05 bits per heavy atom. The van der Waals surface area contributed by atoms with Gasteiger partial charge in [0.2, 0.25) is 0 Å². The van der Waals surface area contributed by atoms with Crippen molar-refractivity contribution < 1.29 is 14.8 Å². The molecule has 0 spiro atoms. The Hall–Kier alpha value is -3.02. The zero-order chi connectivity index (χ0) is 15.4. The fourth-order valence-corrected chi connectivity index (χ4v) is 1.71. The number of nitro groups is 1. The number of ketones is 1. The summed E-state index contributed by atoms with van der Waals surface area (Å²) in [6.07, 6.45) is 1.32. The van der Waals surface area contributed by atoms with Crippen LogP contribution in [-0.4, -0.2) is 22.0 Å². The van der Waals surface area contributed by atoms with E-state index in [9.17, 15) is 20.0 Å². The van der Waals surface area contributed by atoms with Crippen LogP contribution in [0.15, 0.2) is 47.5 Å². The van der Waals surface area contributed by atoms with E-state index in [0.717, 1.165) is 0 Å². The number of benzene rings is 2. The van der Waals surface area contributed by atoms with E-state index >= 15 is 0 Å². The van der Waals surface area contributed by atoms with E-state index in [1.54, 1.807) is 24.3 Å². The van der Waals surface area contributed by atoms with Crippen molar-refractivity contribution in [2.24, 2.45) is 4.99 Å². The minimum atomic E-state index is -0.548. The van der Waals surface area contributed by atoms with Crippen LogP contribution in [0.5, 0.6) is 5.75 Å². The maximum atomic E-state index is 11.3. The topological polar surface area (TPSA) is 92.8 Å². The molecule has 0 aliphatic carbocycles. The van der Waals surface area contributed by atoms with Gasteiger partial charge in [0.25, 0.3) is 5.69 Å². The van der Waals surface area contributed by atoms with Crippen LogP contribution in [0.1, 0.15) is 22.8 Å². The zero-order valence-corrected chi connectivity index (χ0v) is 11.2. The Bertz CT molecular complexity index is 738. The van der Waals surface area contributed by atoms with Crippen molar-refractivity contribution in [3.05, 3.63) is 63.7 Å². The minimum absolute atomic E-state index is 0.0785. The highest BCUT2D eigenvalue weighted by Crippen LogP contribution is 2.22. The second kappa shape index (κ2) is 5.96. The van der Waals surface area contributed by atoms with Gasteiger partial charge in [-0.1, -0.05) is 12.1 Å². The molecule has 2 aromatic rings. The molecule has 0 unspecified atom stereocenters. The number of phenols is 1. The maximum Gasteiger partial charge on any atom is 0.270 e. The van der Waals surface area contributed by atoms with Crippen molar-refractivity contribution in [3.8, 4) is 5.75 Å². The van der Waals surface area contributed by atoms with Gasteiger partial charge in [0.1, 0.15) is 5.75 Å². The normalized spacial score (nSPS) is 10.7. The number of nitrogens with zero attached hydrogens (tertiary/aromatic N) is 2. The fourth-order valence-electron chi connectivity index (χ4n) is 1.71. The van der Waals surface area contributed by atoms with Crippen LogP contribution < -0.4 is 0 Å². The predicted octanol–water partition coefficient (Wildman–Crippen LogP) is 3.25. The highest BCUT2D eigenvalue weighted by atomic mass is 16.6. The molecule has 0 aliphatic rings. The van der Waals surface area contributed by atoms with Crippen LogP contribution in [0.3, 0.4) is 0 Å². The number of carbonyl (C=O) groups excluding carboxylic acids is 1. The third-order valence-electron chi connectivity index (χ3n) is 2.83. The van der Waals surface area contributed by atoms with Crippen molar-refractivity contribution in [1.29, 1.82) is 0 Å². The molecule has 0 aromatic heterocycles. The fraction of sp³-hybridized carbons (Fsp3) is 0.0667. The van der Waals surface area contributed by atoms with E-state index < -0.39 is 4.92 Å². The van der Waals surface area contributed by atoms with Crippen LogP contribution in [0.2, 0.25) is 0 Å². The molecule has 106 valence electrons. The summed E-state index contributed by atoms with van der Waals surface area (Å²) in [6, 6.07) is 10.3. The van der Waals surface area contributed by atoms with Crippen molar-refractivity contribution >= 4 is 23.4 Å². The Balaban J connectivity index is 2.33. The van der Waals surface area contributed by atoms with Gasteiger partial charge in [0.05, 0.1) is 10.6 Å². The summed E-state index contributed by atoms with van der Waals surface area (Å²) in [6.45, 7) is 1.45. The Morgan fingerprint density at radius 3 is 2.71 bits per heavy atom. The molecule has 0 atom stereocenters. The van der Waals surface area contributed by atoms with Crippen molar-refractivity contribution in [2.45, 2.75) is 6.92 Å². The molecule has 0 heterocycles. The molecule has 0 amide bonds. The average Bonchev–Trinajstić information content (AvgIpc) is 2.46. The molecule has 0 saturated heterocycles. The van der Waals surface area contributed by atoms with Gasteiger partial charge in [0, 0.05) is 29.5 Å². The van der Waals surface area contributed by atoms with E-state index in [-0.39, 0.29) is 22.8 Å². The molecule has 0 aliphatic heterocycles. The zero-order valence-electron chi connectivity index (χ0n) is 11.2. The number of Topliss-reactive ketones (excluding diaryl/α,β-unsaturated/α-hetero) is 1. The first kappa shape index (κ1) is 14.4. The Labute approximate surface area is 120 Å². The second-order valence-electron chi connectivity index (χ2n) is 4.36. The lowest BCUT2D eigenvalue weighted by molar-refractivity contribution is -0.384. The molecule has 6 heteroatoms. The number of phenolic OH excluding ortho intramolecular Hbond substituents is 1. The number of rotatable bonds is 4.